The molecule has 0 radical (unpaired) electrons. The van der Waals surface area contributed by atoms with Gasteiger partial charge in [0.1, 0.15) is 11.6 Å². The predicted molar refractivity (Wildman–Crippen MR) is 294 cm³/mol. The first-order valence-electron chi connectivity index (χ1n) is 24.0. The summed E-state index contributed by atoms with van der Waals surface area (Å²) < 4.78 is 27.6. The van der Waals surface area contributed by atoms with Gasteiger partial charge in [-0.05, 0) is 142 Å². The fourth-order valence-corrected chi connectivity index (χ4v) is 9.85. The maximum Gasteiger partial charge on any atom is 0.193 e. The van der Waals surface area contributed by atoms with E-state index in [2.05, 4.69) is 183 Å². The molecule has 0 atom stereocenters. The summed E-state index contributed by atoms with van der Waals surface area (Å²) in [6.07, 6.45) is 0. The zero-order valence-corrected chi connectivity index (χ0v) is 39.3. The third-order valence-corrected chi connectivity index (χ3v) is 13.5. The van der Waals surface area contributed by atoms with Gasteiger partial charge in [-0.2, -0.15) is 0 Å². The van der Waals surface area contributed by atoms with Crippen LogP contribution >= 0.6 is 0 Å². The first-order chi connectivity index (χ1) is 35.4. The Balaban J connectivity index is 1.09. The van der Waals surface area contributed by atoms with Gasteiger partial charge in [-0.1, -0.05) is 237 Å². The number of halogens is 2. The zero-order chi connectivity index (χ0) is 49.0. The molecule has 0 spiro atoms. The van der Waals surface area contributed by atoms with Crippen LogP contribution in [-0.2, 0) is 0 Å². The van der Waals surface area contributed by atoms with E-state index in [0.29, 0.717) is 11.1 Å². The van der Waals surface area contributed by atoms with Crippen LogP contribution in [0.25, 0.3) is 94.6 Å². The van der Waals surface area contributed by atoms with Crippen LogP contribution in [-0.4, -0.2) is 5.78 Å². The van der Waals surface area contributed by atoms with Crippen LogP contribution in [0.5, 0.6) is 0 Å². The average Bonchev–Trinajstić information content (AvgIpc) is 3.45. The largest absolute Gasteiger partial charge is 0.289 e. The first-order valence-corrected chi connectivity index (χ1v) is 24.0. The van der Waals surface area contributed by atoms with Gasteiger partial charge in [0.25, 0.3) is 0 Å². The summed E-state index contributed by atoms with van der Waals surface area (Å²) in [5, 5.41) is 0. The molecule has 0 unspecified atom stereocenters. The van der Waals surface area contributed by atoms with Crippen molar-refractivity contribution in [3.63, 3.8) is 0 Å². The highest BCUT2D eigenvalue weighted by atomic mass is 19.1. The molecule has 0 saturated heterocycles. The molecular formula is C69H46F2O. The molecule has 0 amide bonds. The van der Waals surface area contributed by atoms with Gasteiger partial charge in [0.2, 0.25) is 0 Å². The maximum absolute atomic E-state index is 13.8. The smallest absolute Gasteiger partial charge is 0.193 e. The highest BCUT2D eigenvalue weighted by Crippen LogP contribution is 2.49. The van der Waals surface area contributed by atoms with Gasteiger partial charge < -0.3 is 0 Å². The van der Waals surface area contributed by atoms with Crippen molar-refractivity contribution in [3.8, 4) is 89.0 Å². The summed E-state index contributed by atoms with van der Waals surface area (Å²) in [5.74, 6) is -0.826. The van der Waals surface area contributed by atoms with E-state index in [1.807, 2.05) is 42.5 Å². The second-order valence-electron chi connectivity index (χ2n) is 17.8. The van der Waals surface area contributed by atoms with Gasteiger partial charge in [-0.3, -0.25) is 4.79 Å². The van der Waals surface area contributed by atoms with Crippen LogP contribution in [0.2, 0.25) is 0 Å². The van der Waals surface area contributed by atoms with Crippen molar-refractivity contribution in [2.45, 2.75) is 0 Å². The molecule has 0 N–H and O–H groups in total. The van der Waals surface area contributed by atoms with Crippen molar-refractivity contribution in [2.75, 3.05) is 0 Å². The lowest BCUT2D eigenvalue weighted by Gasteiger charge is -2.23. The van der Waals surface area contributed by atoms with Crippen molar-refractivity contribution in [3.05, 3.63) is 307 Å². The zero-order valence-electron chi connectivity index (χ0n) is 39.3. The second-order valence-corrected chi connectivity index (χ2v) is 17.8. The number of hydrogen-bond donors (Lipinski definition) is 0. The Bertz CT molecular complexity index is 3700. The quantitative estimate of drug-likeness (QED) is 0.112. The van der Waals surface area contributed by atoms with Gasteiger partial charge in [0.05, 0.1) is 0 Å². The molecule has 72 heavy (non-hydrogen) atoms. The molecule has 0 aliphatic heterocycles. The number of rotatable bonds is 12. The second kappa shape index (κ2) is 20.0. The van der Waals surface area contributed by atoms with E-state index in [9.17, 15) is 13.6 Å². The molecule has 342 valence electrons. The van der Waals surface area contributed by atoms with E-state index in [1.165, 1.54) is 36.4 Å². The summed E-state index contributed by atoms with van der Waals surface area (Å²) in [5.41, 5.74) is 20.8. The highest BCUT2D eigenvalue weighted by molar-refractivity contribution is 6.10. The Labute approximate surface area is 419 Å². The molecule has 0 bridgehead atoms. The molecule has 0 heterocycles. The molecule has 0 saturated carbocycles. The fraction of sp³-hybridized carbons (Fsp3) is 0. The Morgan fingerprint density at radius 3 is 0.792 bits per heavy atom. The number of carbonyl (C=O) groups excluding carboxylic acids is 1. The van der Waals surface area contributed by atoms with Crippen molar-refractivity contribution < 1.29 is 13.6 Å². The average molecular weight is 929 g/mol. The molecule has 3 heteroatoms. The van der Waals surface area contributed by atoms with Crippen LogP contribution in [0, 0.1) is 11.6 Å². The maximum atomic E-state index is 13.8. The molecular weight excluding hydrogens is 883 g/mol. The van der Waals surface area contributed by atoms with E-state index < -0.39 is 0 Å². The van der Waals surface area contributed by atoms with E-state index in [1.54, 1.807) is 12.1 Å². The first kappa shape index (κ1) is 45.2. The fourth-order valence-electron chi connectivity index (χ4n) is 9.85. The number of carbonyl (C=O) groups is 1. The van der Waals surface area contributed by atoms with E-state index in [-0.39, 0.29) is 17.4 Å². The van der Waals surface area contributed by atoms with Gasteiger partial charge in [-0.25, -0.2) is 8.78 Å². The summed E-state index contributed by atoms with van der Waals surface area (Å²) in [7, 11) is 0. The minimum absolute atomic E-state index is 0.166. The normalized spacial score (nSPS) is 11.0. The number of ketones is 1. The predicted octanol–water partition coefficient (Wildman–Crippen LogP) is 18.6. The van der Waals surface area contributed by atoms with E-state index in [0.717, 1.165) is 106 Å². The Morgan fingerprint density at radius 1 is 0.250 bits per heavy atom. The molecule has 0 aromatic heterocycles. The van der Waals surface area contributed by atoms with Crippen molar-refractivity contribution in [1.82, 2.24) is 0 Å². The molecule has 11 aromatic rings. The number of hydrogen-bond acceptors (Lipinski definition) is 1. The SMILES string of the molecule is C=C(c1ccc(F)cc1)c1ccc(-c2ccc(-c3ccccc3)c(-c3ccc(-c4c(-c5ccc(C(=O)c6ccc(F)cc6)cc5)ccc(-c5ccccc5)c4-c4ccccc4)cc3)c2-c2ccccc2)cc1. The lowest BCUT2D eigenvalue weighted by molar-refractivity contribution is 0.103. The Hall–Kier alpha value is -9.31. The van der Waals surface area contributed by atoms with Crippen molar-refractivity contribution in [1.29, 1.82) is 0 Å². The minimum Gasteiger partial charge on any atom is -0.289 e. The monoisotopic (exact) mass is 928 g/mol. The van der Waals surface area contributed by atoms with Crippen LogP contribution in [0.1, 0.15) is 27.0 Å². The topological polar surface area (TPSA) is 17.1 Å². The van der Waals surface area contributed by atoms with E-state index >= 15 is 0 Å². The van der Waals surface area contributed by atoms with Gasteiger partial charge in [-0.15, -0.1) is 0 Å². The summed E-state index contributed by atoms with van der Waals surface area (Å²) in [6.45, 7) is 4.36. The van der Waals surface area contributed by atoms with E-state index in [4.69, 9.17) is 0 Å². The standard InChI is InChI=1S/C69H46F2O/c1-46(48-34-38-59(70)39-35-48)47-22-24-51(25-23-47)63-44-43-62(50-16-8-3-9-17-50)67(66(63)54-20-12-5-13-21-54)55-28-30-56(31-29-55)68-64(52-26-32-57(33-27-52)69(72)58-36-40-60(71)41-37-58)45-42-61(49-14-6-2-7-15-49)65(68)53-18-10-4-11-19-53/h2-45H,1H2. The minimum atomic E-state index is -0.382. The van der Waals surface area contributed by atoms with Gasteiger partial charge in [0.15, 0.2) is 5.78 Å². The van der Waals surface area contributed by atoms with Crippen LogP contribution in [0.3, 0.4) is 0 Å². The summed E-state index contributed by atoms with van der Waals surface area (Å²) >= 11 is 0. The van der Waals surface area contributed by atoms with Crippen LogP contribution < -0.4 is 0 Å². The third kappa shape index (κ3) is 9.04. The third-order valence-electron chi connectivity index (χ3n) is 13.5. The molecule has 1 nitrogen and oxygen atoms in total. The molecule has 11 aromatic carbocycles. The molecule has 0 aliphatic rings. The van der Waals surface area contributed by atoms with Crippen molar-refractivity contribution >= 4 is 11.4 Å². The highest BCUT2D eigenvalue weighted by Gasteiger charge is 2.23. The Kier molecular flexibility index (Phi) is 12.5. The van der Waals surface area contributed by atoms with Crippen LogP contribution in [0.15, 0.2) is 273 Å². The molecule has 11 rings (SSSR count). The van der Waals surface area contributed by atoms with Crippen LogP contribution in [0.4, 0.5) is 8.78 Å². The van der Waals surface area contributed by atoms with Crippen molar-refractivity contribution in [2.24, 2.45) is 0 Å². The molecule has 0 aliphatic carbocycles. The summed E-state index contributed by atoms with van der Waals surface area (Å²) in [4.78, 5) is 13.6. The Morgan fingerprint density at radius 2 is 0.472 bits per heavy atom. The molecule has 0 fully saturated rings. The van der Waals surface area contributed by atoms with Gasteiger partial charge in [0, 0.05) is 11.1 Å². The number of benzene rings is 11. The lowest BCUT2D eigenvalue weighted by atomic mass is 9.81. The summed E-state index contributed by atoms with van der Waals surface area (Å²) in [6, 6.07) is 88.5. The lowest BCUT2D eigenvalue weighted by Crippen LogP contribution is -2.01. The van der Waals surface area contributed by atoms with Gasteiger partial charge >= 0.3 is 0 Å².